The van der Waals surface area contributed by atoms with Gasteiger partial charge in [0.25, 0.3) is 5.91 Å². The maximum absolute atomic E-state index is 12.4. The van der Waals surface area contributed by atoms with Crippen molar-refractivity contribution in [2.24, 2.45) is 11.8 Å². The smallest absolute Gasteiger partial charge is 0.307 e. The molecule has 25 heavy (non-hydrogen) atoms. The van der Waals surface area contributed by atoms with Gasteiger partial charge in [-0.15, -0.1) is 0 Å². The van der Waals surface area contributed by atoms with E-state index in [2.05, 4.69) is 10.6 Å². The van der Waals surface area contributed by atoms with Gasteiger partial charge in [0.1, 0.15) is 0 Å². The summed E-state index contributed by atoms with van der Waals surface area (Å²) < 4.78 is 0. The van der Waals surface area contributed by atoms with Crippen LogP contribution in [0, 0.1) is 11.8 Å². The maximum Gasteiger partial charge on any atom is 0.307 e. The Labute approximate surface area is 147 Å². The van der Waals surface area contributed by atoms with Crippen LogP contribution in [0.2, 0.25) is 0 Å². The second-order valence-corrected chi connectivity index (χ2v) is 6.34. The highest BCUT2D eigenvalue weighted by atomic mass is 16.4. The summed E-state index contributed by atoms with van der Waals surface area (Å²) in [7, 11) is 0. The van der Waals surface area contributed by atoms with Gasteiger partial charge < -0.3 is 15.7 Å². The lowest BCUT2D eigenvalue weighted by molar-refractivity contribution is -0.146. The molecule has 6 nitrogen and oxygen atoms in total. The highest BCUT2D eigenvalue weighted by Gasteiger charge is 2.33. The zero-order valence-corrected chi connectivity index (χ0v) is 14.5. The first-order valence-corrected chi connectivity index (χ1v) is 8.52. The Morgan fingerprint density at radius 3 is 2.28 bits per heavy atom. The lowest BCUT2D eigenvalue weighted by Crippen LogP contribution is -2.34. The number of rotatable bonds is 6. The SMILES string of the molecule is CC[C@H](C)NC(=O)c1ccc(NC(=O)[C@@H]2CC=CC[C@H]2C(=O)O)cc1. The zero-order valence-electron chi connectivity index (χ0n) is 14.5. The summed E-state index contributed by atoms with van der Waals surface area (Å²) >= 11 is 0. The van der Waals surface area contributed by atoms with Crippen LogP contribution in [0.5, 0.6) is 0 Å². The minimum Gasteiger partial charge on any atom is -0.481 e. The summed E-state index contributed by atoms with van der Waals surface area (Å²) in [5.74, 6) is -2.72. The molecule has 3 N–H and O–H groups in total. The largest absolute Gasteiger partial charge is 0.481 e. The van der Waals surface area contributed by atoms with Gasteiger partial charge in [-0.25, -0.2) is 0 Å². The highest BCUT2D eigenvalue weighted by Crippen LogP contribution is 2.27. The van der Waals surface area contributed by atoms with Crippen molar-refractivity contribution < 1.29 is 19.5 Å². The first kappa shape index (κ1) is 18.7. The molecule has 0 aliphatic heterocycles. The van der Waals surface area contributed by atoms with Crippen LogP contribution in [0.3, 0.4) is 0 Å². The molecule has 0 heterocycles. The van der Waals surface area contributed by atoms with E-state index in [9.17, 15) is 19.5 Å². The number of carbonyl (C=O) groups excluding carboxylic acids is 2. The molecule has 0 spiro atoms. The second-order valence-electron chi connectivity index (χ2n) is 6.34. The Kier molecular flexibility index (Phi) is 6.33. The quantitative estimate of drug-likeness (QED) is 0.692. The van der Waals surface area contributed by atoms with E-state index in [-0.39, 0.29) is 17.9 Å². The highest BCUT2D eigenvalue weighted by molar-refractivity contribution is 5.97. The van der Waals surface area contributed by atoms with E-state index in [4.69, 9.17) is 0 Å². The van der Waals surface area contributed by atoms with E-state index < -0.39 is 17.8 Å². The van der Waals surface area contributed by atoms with Crippen LogP contribution in [0.4, 0.5) is 5.69 Å². The molecule has 0 saturated carbocycles. The van der Waals surface area contributed by atoms with E-state index in [1.165, 1.54) is 0 Å². The van der Waals surface area contributed by atoms with E-state index >= 15 is 0 Å². The Balaban J connectivity index is 2.00. The van der Waals surface area contributed by atoms with Crippen LogP contribution >= 0.6 is 0 Å². The predicted octanol–water partition coefficient (Wildman–Crippen LogP) is 2.82. The maximum atomic E-state index is 12.4. The molecular formula is C19H24N2O4. The third-order valence-electron chi connectivity index (χ3n) is 4.49. The first-order valence-electron chi connectivity index (χ1n) is 8.52. The molecule has 0 aromatic heterocycles. The van der Waals surface area contributed by atoms with E-state index in [0.717, 1.165) is 6.42 Å². The van der Waals surface area contributed by atoms with Crippen LogP contribution in [0.15, 0.2) is 36.4 Å². The van der Waals surface area contributed by atoms with Crippen molar-refractivity contribution in [2.45, 2.75) is 39.2 Å². The van der Waals surface area contributed by atoms with Gasteiger partial charge in [0.05, 0.1) is 11.8 Å². The number of hydrogen-bond acceptors (Lipinski definition) is 3. The van der Waals surface area contributed by atoms with Gasteiger partial charge in [0.15, 0.2) is 0 Å². The monoisotopic (exact) mass is 344 g/mol. The standard InChI is InChI=1S/C19H24N2O4/c1-3-12(2)20-17(22)13-8-10-14(11-9-13)21-18(23)15-6-4-5-7-16(15)19(24)25/h4-5,8-12,15-16H,3,6-7H2,1-2H3,(H,20,22)(H,21,23)(H,24,25)/t12-,15+,16+/m0/s1. The van der Waals surface area contributed by atoms with E-state index in [0.29, 0.717) is 24.1 Å². The van der Waals surface area contributed by atoms with Crippen molar-refractivity contribution in [1.29, 1.82) is 0 Å². The third-order valence-corrected chi connectivity index (χ3v) is 4.49. The predicted molar refractivity (Wildman–Crippen MR) is 95.3 cm³/mol. The summed E-state index contributed by atoms with van der Waals surface area (Å²) in [5.41, 5.74) is 1.06. The summed E-state index contributed by atoms with van der Waals surface area (Å²) in [5, 5.41) is 14.9. The molecule has 2 rings (SSSR count). The Bertz CT molecular complexity index is 667. The molecule has 0 fully saturated rings. The van der Waals surface area contributed by atoms with Crippen molar-refractivity contribution in [3.05, 3.63) is 42.0 Å². The molecule has 1 aromatic rings. The molecule has 0 unspecified atom stereocenters. The summed E-state index contributed by atoms with van der Waals surface area (Å²) in [4.78, 5) is 35.7. The Morgan fingerprint density at radius 1 is 1.12 bits per heavy atom. The van der Waals surface area contributed by atoms with Crippen molar-refractivity contribution in [3.63, 3.8) is 0 Å². The Morgan fingerprint density at radius 2 is 1.72 bits per heavy atom. The van der Waals surface area contributed by atoms with Crippen LogP contribution in [0.1, 0.15) is 43.5 Å². The van der Waals surface area contributed by atoms with Gasteiger partial charge in [-0.3, -0.25) is 14.4 Å². The van der Waals surface area contributed by atoms with Crippen LogP contribution in [-0.2, 0) is 9.59 Å². The summed E-state index contributed by atoms with van der Waals surface area (Å²) in [6.45, 7) is 3.93. The molecule has 0 radical (unpaired) electrons. The average Bonchev–Trinajstić information content (AvgIpc) is 2.62. The number of amides is 2. The molecule has 1 aliphatic rings. The minimum absolute atomic E-state index is 0.0965. The van der Waals surface area contributed by atoms with Crippen molar-refractivity contribution in [1.82, 2.24) is 5.32 Å². The topological polar surface area (TPSA) is 95.5 Å². The molecular weight excluding hydrogens is 320 g/mol. The molecule has 3 atom stereocenters. The first-order chi connectivity index (χ1) is 11.9. The van der Waals surface area contributed by atoms with E-state index in [1.54, 1.807) is 30.3 Å². The number of nitrogens with one attached hydrogen (secondary N) is 2. The minimum atomic E-state index is -0.957. The second kappa shape index (κ2) is 8.46. The molecule has 134 valence electrons. The molecule has 6 heteroatoms. The number of aliphatic carboxylic acids is 1. The van der Waals surface area contributed by atoms with Crippen molar-refractivity contribution in [3.8, 4) is 0 Å². The third kappa shape index (κ3) is 4.92. The van der Waals surface area contributed by atoms with Gasteiger partial charge in [-0.1, -0.05) is 19.1 Å². The number of carboxylic acids is 1. The van der Waals surface area contributed by atoms with Crippen LogP contribution < -0.4 is 10.6 Å². The number of carbonyl (C=O) groups is 3. The van der Waals surface area contributed by atoms with Crippen molar-refractivity contribution in [2.75, 3.05) is 5.32 Å². The summed E-state index contributed by atoms with van der Waals surface area (Å²) in [6.07, 6.45) is 5.26. The summed E-state index contributed by atoms with van der Waals surface area (Å²) in [6, 6.07) is 6.68. The van der Waals surface area contributed by atoms with Gasteiger partial charge in [0.2, 0.25) is 5.91 Å². The fourth-order valence-electron chi connectivity index (χ4n) is 2.73. The van der Waals surface area contributed by atoms with Crippen LogP contribution in [0.25, 0.3) is 0 Å². The van der Waals surface area contributed by atoms with Gasteiger partial charge in [-0.2, -0.15) is 0 Å². The number of anilines is 1. The Hall–Kier alpha value is -2.63. The molecule has 1 aromatic carbocycles. The normalized spacial score (nSPS) is 20.6. The fraction of sp³-hybridized carbons (Fsp3) is 0.421. The lowest BCUT2D eigenvalue weighted by atomic mass is 9.82. The fourth-order valence-corrected chi connectivity index (χ4v) is 2.73. The molecule has 1 aliphatic carbocycles. The number of hydrogen-bond donors (Lipinski definition) is 3. The number of allylic oxidation sites excluding steroid dienone is 2. The number of benzene rings is 1. The van der Waals surface area contributed by atoms with Crippen molar-refractivity contribution >= 4 is 23.5 Å². The van der Waals surface area contributed by atoms with Gasteiger partial charge in [0, 0.05) is 17.3 Å². The molecule has 0 bridgehead atoms. The molecule has 2 amide bonds. The molecule has 0 saturated heterocycles. The van der Waals surface area contributed by atoms with Crippen LogP contribution in [-0.4, -0.2) is 28.9 Å². The average molecular weight is 344 g/mol. The number of carboxylic acid groups (broad SMARTS) is 1. The van der Waals surface area contributed by atoms with Gasteiger partial charge >= 0.3 is 5.97 Å². The lowest BCUT2D eigenvalue weighted by Gasteiger charge is -2.24. The van der Waals surface area contributed by atoms with E-state index in [1.807, 2.05) is 19.9 Å². The zero-order chi connectivity index (χ0) is 18.4. The van der Waals surface area contributed by atoms with Gasteiger partial charge in [-0.05, 0) is 50.5 Å².